The summed E-state index contributed by atoms with van der Waals surface area (Å²) in [5.74, 6) is -0.701. The molecular weight excluding hydrogens is 392 g/mol. The fourth-order valence-electron chi connectivity index (χ4n) is 5.98. The number of likely N-dealkylation sites (tertiary alicyclic amines) is 1. The third kappa shape index (κ3) is 3.89. The van der Waals surface area contributed by atoms with Crippen LogP contribution in [0.1, 0.15) is 72.9 Å². The number of benzene rings is 1. The van der Waals surface area contributed by atoms with Crippen LogP contribution in [0.4, 0.5) is 0 Å². The summed E-state index contributed by atoms with van der Waals surface area (Å²) in [6.45, 7) is 4.69. The van der Waals surface area contributed by atoms with E-state index in [2.05, 4.69) is 27.7 Å². The van der Waals surface area contributed by atoms with E-state index in [0.29, 0.717) is 24.1 Å². The molecule has 3 amide bonds. The van der Waals surface area contributed by atoms with Gasteiger partial charge in [-0.05, 0) is 68.9 Å². The highest BCUT2D eigenvalue weighted by Gasteiger charge is 2.40. The Morgan fingerprint density at radius 1 is 1.03 bits per heavy atom. The summed E-state index contributed by atoms with van der Waals surface area (Å²) in [4.78, 5) is 41.1. The molecule has 7 heteroatoms. The van der Waals surface area contributed by atoms with Gasteiger partial charge >= 0.3 is 0 Å². The maximum Gasteiger partial charge on any atom is 0.255 e. The molecule has 1 atom stereocenters. The molecule has 0 aromatic heterocycles. The molecule has 4 aliphatic rings. The lowest BCUT2D eigenvalue weighted by molar-refractivity contribution is -0.136. The maximum atomic E-state index is 13.0. The van der Waals surface area contributed by atoms with Crippen molar-refractivity contribution < 1.29 is 14.4 Å². The highest BCUT2D eigenvalue weighted by molar-refractivity contribution is 6.05. The van der Waals surface area contributed by atoms with Gasteiger partial charge in [0.05, 0.1) is 0 Å². The van der Waals surface area contributed by atoms with Crippen molar-refractivity contribution in [2.45, 2.75) is 76.0 Å². The van der Waals surface area contributed by atoms with Gasteiger partial charge in [0.25, 0.3) is 5.91 Å². The molecule has 1 aromatic carbocycles. The summed E-state index contributed by atoms with van der Waals surface area (Å²) >= 11 is 0. The number of fused-ring (bicyclic) bond motifs is 1. The fourth-order valence-corrected chi connectivity index (χ4v) is 5.98. The number of hydrogen-bond acceptors (Lipinski definition) is 5. The van der Waals surface area contributed by atoms with Gasteiger partial charge in [-0.25, -0.2) is 0 Å². The first-order valence-corrected chi connectivity index (χ1v) is 11.8. The van der Waals surface area contributed by atoms with Crippen LogP contribution in [-0.4, -0.2) is 58.7 Å². The molecule has 4 aliphatic heterocycles. The van der Waals surface area contributed by atoms with Gasteiger partial charge in [0.15, 0.2) is 0 Å². The van der Waals surface area contributed by atoms with Crippen molar-refractivity contribution in [3.05, 3.63) is 34.9 Å². The van der Waals surface area contributed by atoms with E-state index in [1.165, 1.54) is 44.1 Å². The average Bonchev–Trinajstić information content (AvgIpc) is 2.97. The summed E-state index contributed by atoms with van der Waals surface area (Å²) in [6, 6.07) is 5.64. The van der Waals surface area contributed by atoms with Crippen molar-refractivity contribution in [1.29, 1.82) is 0 Å². The number of carbonyl (C=O) groups excluding carboxylic acids is 3. The number of piperidine rings is 2. The average molecular weight is 425 g/mol. The van der Waals surface area contributed by atoms with Crippen molar-refractivity contribution in [2.75, 3.05) is 19.6 Å². The smallest absolute Gasteiger partial charge is 0.255 e. The van der Waals surface area contributed by atoms with E-state index in [1.807, 2.05) is 6.07 Å². The lowest BCUT2D eigenvalue weighted by Crippen LogP contribution is -2.53. The molecule has 4 heterocycles. The number of nitrogens with one attached hydrogen (secondary N) is 2. The number of amides is 3. The van der Waals surface area contributed by atoms with E-state index in [0.717, 1.165) is 31.7 Å². The minimum atomic E-state index is -0.551. The number of nitrogens with zero attached hydrogens (tertiary/aromatic N) is 2. The lowest BCUT2D eigenvalue weighted by atomic mass is 9.82. The fraction of sp³-hybridized carbons (Fsp3) is 0.625. The molecule has 3 saturated heterocycles. The van der Waals surface area contributed by atoms with Gasteiger partial charge in [0.2, 0.25) is 11.8 Å². The zero-order valence-electron chi connectivity index (χ0n) is 18.1. The topological polar surface area (TPSA) is 81.8 Å². The third-order valence-corrected chi connectivity index (χ3v) is 7.74. The molecule has 0 aliphatic carbocycles. The van der Waals surface area contributed by atoms with Gasteiger partial charge in [0.1, 0.15) is 6.04 Å². The monoisotopic (exact) mass is 424 g/mol. The van der Waals surface area contributed by atoms with Crippen LogP contribution in [0.2, 0.25) is 0 Å². The first-order valence-electron chi connectivity index (χ1n) is 11.8. The van der Waals surface area contributed by atoms with E-state index < -0.39 is 6.04 Å². The van der Waals surface area contributed by atoms with Crippen LogP contribution in [0, 0.1) is 0 Å². The zero-order chi connectivity index (χ0) is 21.4. The van der Waals surface area contributed by atoms with Crippen molar-refractivity contribution in [3.63, 3.8) is 0 Å². The quantitative estimate of drug-likeness (QED) is 0.725. The van der Waals surface area contributed by atoms with Crippen molar-refractivity contribution in [3.8, 4) is 0 Å². The normalized spacial score (nSPS) is 26.6. The second kappa shape index (κ2) is 8.36. The van der Waals surface area contributed by atoms with Gasteiger partial charge in [-0.3, -0.25) is 24.6 Å². The summed E-state index contributed by atoms with van der Waals surface area (Å²) in [6.07, 6.45) is 8.26. The Kier molecular flexibility index (Phi) is 5.56. The largest absolute Gasteiger partial charge is 0.322 e. The molecule has 1 aromatic rings. The highest BCUT2D eigenvalue weighted by Crippen LogP contribution is 2.36. The molecule has 0 saturated carbocycles. The van der Waals surface area contributed by atoms with Gasteiger partial charge < -0.3 is 10.2 Å². The second-order valence-electron chi connectivity index (χ2n) is 9.60. The van der Waals surface area contributed by atoms with Crippen molar-refractivity contribution in [1.82, 2.24) is 20.4 Å². The first kappa shape index (κ1) is 20.6. The molecule has 7 nitrogen and oxygen atoms in total. The molecular formula is C24H32N4O3. The van der Waals surface area contributed by atoms with Crippen LogP contribution in [0.15, 0.2) is 18.2 Å². The van der Waals surface area contributed by atoms with Gasteiger partial charge in [-0.1, -0.05) is 25.0 Å². The van der Waals surface area contributed by atoms with Crippen LogP contribution < -0.4 is 10.6 Å². The standard InChI is InChI=1S/C24H32N4O3/c29-21-7-6-20(22(30)26-21)28-16-18-14-17(4-5-19(18)23(28)31)15-27-13-3-1-2-8-24(27)9-11-25-12-10-24/h4-5,14,20,25H,1-3,6-13,15-16H2,(H,26,29,30). The number of imide groups is 1. The Hall–Kier alpha value is -2.25. The molecule has 0 radical (unpaired) electrons. The minimum Gasteiger partial charge on any atom is -0.322 e. The SMILES string of the molecule is O=C1CCC(N2Cc3cc(CN4CCCCCC45CCNCC5)ccc3C2=O)C(=O)N1. The molecule has 2 N–H and O–H groups in total. The predicted octanol–water partition coefficient (Wildman–Crippen LogP) is 1.95. The van der Waals surface area contributed by atoms with Crippen LogP contribution in [0.5, 0.6) is 0 Å². The Balaban J connectivity index is 1.34. The summed E-state index contributed by atoms with van der Waals surface area (Å²) < 4.78 is 0. The first-order chi connectivity index (χ1) is 15.1. The molecule has 0 bridgehead atoms. The van der Waals surface area contributed by atoms with Crippen LogP contribution in [0.3, 0.4) is 0 Å². The molecule has 1 spiro atoms. The Bertz CT molecular complexity index is 893. The number of hydrogen-bond donors (Lipinski definition) is 2. The molecule has 5 rings (SSSR count). The summed E-state index contributed by atoms with van der Waals surface area (Å²) in [5.41, 5.74) is 3.24. The Morgan fingerprint density at radius 2 is 1.87 bits per heavy atom. The summed E-state index contributed by atoms with van der Waals surface area (Å²) in [7, 11) is 0. The van der Waals surface area contributed by atoms with Crippen LogP contribution >= 0.6 is 0 Å². The summed E-state index contributed by atoms with van der Waals surface area (Å²) in [5, 5.41) is 5.89. The third-order valence-electron chi connectivity index (χ3n) is 7.74. The van der Waals surface area contributed by atoms with Gasteiger partial charge in [0, 0.05) is 30.6 Å². The van der Waals surface area contributed by atoms with E-state index in [4.69, 9.17) is 0 Å². The van der Waals surface area contributed by atoms with Crippen LogP contribution in [0.25, 0.3) is 0 Å². The molecule has 3 fully saturated rings. The molecule has 31 heavy (non-hydrogen) atoms. The van der Waals surface area contributed by atoms with Gasteiger partial charge in [-0.15, -0.1) is 0 Å². The molecule has 1 unspecified atom stereocenters. The zero-order valence-corrected chi connectivity index (χ0v) is 18.1. The van der Waals surface area contributed by atoms with E-state index >= 15 is 0 Å². The number of carbonyl (C=O) groups is 3. The van der Waals surface area contributed by atoms with Gasteiger partial charge in [-0.2, -0.15) is 0 Å². The number of rotatable bonds is 3. The van der Waals surface area contributed by atoms with Crippen LogP contribution in [-0.2, 0) is 22.7 Å². The van der Waals surface area contributed by atoms with E-state index in [9.17, 15) is 14.4 Å². The molecule has 166 valence electrons. The lowest BCUT2D eigenvalue weighted by Gasteiger charge is -2.46. The maximum absolute atomic E-state index is 13.0. The highest BCUT2D eigenvalue weighted by atomic mass is 16.2. The Morgan fingerprint density at radius 3 is 2.68 bits per heavy atom. The van der Waals surface area contributed by atoms with E-state index in [1.54, 1.807) is 4.90 Å². The minimum absolute atomic E-state index is 0.0966. The van der Waals surface area contributed by atoms with Crippen molar-refractivity contribution in [2.24, 2.45) is 0 Å². The second-order valence-corrected chi connectivity index (χ2v) is 9.60. The van der Waals surface area contributed by atoms with Crippen molar-refractivity contribution >= 4 is 17.7 Å². The Labute approximate surface area is 183 Å². The predicted molar refractivity (Wildman–Crippen MR) is 116 cm³/mol. The van der Waals surface area contributed by atoms with E-state index in [-0.39, 0.29) is 24.1 Å².